The normalized spacial score (nSPS) is 16.2. The molecule has 1 fully saturated rings. The minimum Gasteiger partial charge on any atom is -0.466 e. The number of likely N-dealkylation sites (N-methyl/N-ethyl adjacent to an activating group) is 1. The van der Waals surface area contributed by atoms with E-state index in [1.807, 2.05) is 0 Å². The van der Waals surface area contributed by atoms with Crippen molar-refractivity contribution in [2.24, 2.45) is 5.92 Å². The number of nitrogens with zero attached hydrogens (tertiary/aromatic N) is 4. The van der Waals surface area contributed by atoms with Crippen LogP contribution >= 0.6 is 0 Å². The maximum absolute atomic E-state index is 13.5. The van der Waals surface area contributed by atoms with Crippen molar-refractivity contribution < 1.29 is 23.5 Å². The Balaban J connectivity index is 1.62. The van der Waals surface area contributed by atoms with E-state index >= 15 is 0 Å². The predicted molar refractivity (Wildman–Crippen MR) is 110 cm³/mol. The summed E-state index contributed by atoms with van der Waals surface area (Å²) in [6.07, 6.45) is 2.57. The van der Waals surface area contributed by atoms with E-state index in [4.69, 9.17) is 4.74 Å². The minimum absolute atomic E-state index is 0.0763. The zero-order chi connectivity index (χ0) is 22.5. The summed E-state index contributed by atoms with van der Waals surface area (Å²) in [7, 11) is 1.46. The van der Waals surface area contributed by atoms with Gasteiger partial charge in [0.25, 0.3) is 5.56 Å². The summed E-state index contributed by atoms with van der Waals surface area (Å²) in [5.41, 5.74) is -0.203. The van der Waals surface area contributed by atoms with Crippen molar-refractivity contribution in [3.05, 3.63) is 40.7 Å². The second-order valence-corrected chi connectivity index (χ2v) is 7.52. The predicted octanol–water partition coefficient (Wildman–Crippen LogP) is 0.796. The van der Waals surface area contributed by atoms with Gasteiger partial charge in [-0.1, -0.05) is 0 Å². The number of amides is 2. The van der Waals surface area contributed by atoms with E-state index in [9.17, 15) is 23.6 Å². The van der Waals surface area contributed by atoms with Crippen LogP contribution in [0, 0.1) is 11.7 Å². The van der Waals surface area contributed by atoms with E-state index in [2.05, 4.69) is 4.98 Å². The Morgan fingerprint density at radius 1 is 1.32 bits per heavy atom. The van der Waals surface area contributed by atoms with Crippen molar-refractivity contribution in [2.45, 2.75) is 26.3 Å². The molecule has 2 amide bonds. The number of fused-ring (bicyclic) bond motifs is 1. The second kappa shape index (κ2) is 9.67. The number of ether oxygens (including phenoxy) is 1. The highest BCUT2D eigenvalue weighted by Crippen LogP contribution is 2.18. The standard InChI is InChI=1S/C21H25FN4O5/c1-3-31-21(30)14-5-4-8-25(10-14)19(28)11-24(2)18(27)12-26-13-23-17-7-6-15(22)9-16(17)20(26)29/h6-7,9,13-14H,3-5,8,10-12H2,1-2H3. The number of esters is 1. The van der Waals surface area contributed by atoms with Crippen LogP contribution in [0.3, 0.4) is 0 Å². The first-order valence-corrected chi connectivity index (χ1v) is 10.1. The smallest absolute Gasteiger partial charge is 0.310 e. The second-order valence-electron chi connectivity index (χ2n) is 7.52. The Kier molecular flexibility index (Phi) is 6.98. The van der Waals surface area contributed by atoms with Crippen molar-refractivity contribution in [3.8, 4) is 0 Å². The lowest BCUT2D eigenvalue weighted by atomic mass is 9.98. The van der Waals surface area contributed by atoms with E-state index < -0.39 is 17.3 Å². The van der Waals surface area contributed by atoms with Crippen LogP contribution in [0.1, 0.15) is 19.8 Å². The molecule has 1 saturated heterocycles. The average molecular weight is 432 g/mol. The van der Waals surface area contributed by atoms with Crippen LogP contribution < -0.4 is 5.56 Å². The molecule has 1 aromatic carbocycles. The molecule has 1 aliphatic rings. The molecule has 31 heavy (non-hydrogen) atoms. The molecule has 0 spiro atoms. The van der Waals surface area contributed by atoms with E-state index in [-0.39, 0.29) is 49.4 Å². The van der Waals surface area contributed by atoms with Gasteiger partial charge in [-0.15, -0.1) is 0 Å². The lowest BCUT2D eigenvalue weighted by Gasteiger charge is -2.32. The Morgan fingerprint density at radius 2 is 2.10 bits per heavy atom. The zero-order valence-corrected chi connectivity index (χ0v) is 17.5. The number of rotatable bonds is 6. The van der Waals surface area contributed by atoms with Gasteiger partial charge in [-0.2, -0.15) is 0 Å². The Hall–Kier alpha value is -3.30. The average Bonchev–Trinajstić information content (AvgIpc) is 2.76. The minimum atomic E-state index is -0.569. The molecule has 0 bridgehead atoms. The van der Waals surface area contributed by atoms with Crippen molar-refractivity contribution in [1.29, 1.82) is 0 Å². The van der Waals surface area contributed by atoms with Gasteiger partial charge in [0.15, 0.2) is 0 Å². The molecular weight excluding hydrogens is 407 g/mol. The summed E-state index contributed by atoms with van der Waals surface area (Å²) < 4.78 is 19.6. The van der Waals surface area contributed by atoms with Gasteiger partial charge in [0.05, 0.1) is 36.3 Å². The van der Waals surface area contributed by atoms with E-state index in [1.165, 1.54) is 30.4 Å². The first kappa shape index (κ1) is 22.4. The van der Waals surface area contributed by atoms with Gasteiger partial charge in [-0.25, -0.2) is 9.37 Å². The zero-order valence-electron chi connectivity index (χ0n) is 17.5. The number of hydrogen-bond donors (Lipinski definition) is 0. The molecule has 9 nitrogen and oxygen atoms in total. The summed E-state index contributed by atoms with van der Waals surface area (Å²) >= 11 is 0. The maximum Gasteiger partial charge on any atom is 0.310 e. The molecule has 0 N–H and O–H groups in total. The summed E-state index contributed by atoms with van der Waals surface area (Å²) in [5.74, 6) is -1.99. The first-order chi connectivity index (χ1) is 14.8. The molecule has 1 aromatic heterocycles. The summed E-state index contributed by atoms with van der Waals surface area (Å²) in [6.45, 7) is 2.29. The van der Waals surface area contributed by atoms with E-state index in [0.717, 1.165) is 10.6 Å². The molecule has 0 saturated carbocycles. The number of halogens is 1. The SMILES string of the molecule is CCOC(=O)C1CCCN(C(=O)CN(C)C(=O)Cn2cnc3ccc(F)cc3c2=O)C1. The quantitative estimate of drug-likeness (QED) is 0.626. The highest BCUT2D eigenvalue weighted by Gasteiger charge is 2.30. The molecule has 2 aromatic rings. The third kappa shape index (κ3) is 5.25. The van der Waals surface area contributed by atoms with Crippen LogP contribution in [-0.2, 0) is 25.7 Å². The molecule has 166 valence electrons. The fraction of sp³-hybridized carbons (Fsp3) is 0.476. The number of benzene rings is 1. The number of likely N-dealkylation sites (tertiary alicyclic amines) is 1. The molecule has 2 heterocycles. The molecule has 1 aliphatic heterocycles. The van der Waals surface area contributed by atoms with Crippen LogP contribution in [0.15, 0.2) is 29.3 Å². The van der Waals surface area contributed by atoms with Crippen LogP contribution in [0.2, 0.25) is 0 Å². The third-order valence-electron chi connectivity index (χ3n) is 5.28. The molecule has 1 unspecified atom stereocenters. The van der Waals surface area contributed by atoms with Crippen LogP contribution in [0.4, 0.5) is 4.39 Å². The number of hydrogen-bond acceptors (Lipinski definition) is 6. The molecular formula is C21H25FN4O5. The van der Waals surface area contributed by atoms with Crippen LogP contribution in [0.25, 0.3) is 10.9 Å². The topological polar surface area (TPSA) is 102 Å². The van der Waals surface area contributed by atoms with Crippen molar-refractivity contribution in [3.63, 3.8) is 0 Å². The van der Waals surface area contributed by atoms with Gasteiger partial charge in [-0.3, -0.25) is 23.7 Å². The number of carbonyl (C=O) groups is 3. The maximum atomic E-state index is 13.5. The fourth-order valence-corrected chi connectivity index (χ4v) is 3.56. The van der Waals surface area contributed by atoms with Gasteiger partial charge in [0, 0.05) is 20.1 Å². The monoisotopic (exact) mass is 432 g/mol. The molecule has 3 rings (SSSR count). The molecule has 0 aliphatic carbocycles. The fourth-order valence-electron chi connectivity index (χ4n) is 3.56. The molecule has 0 radical (unpaired) electrons. The highest BCUT2D eigenvalue weighted by molar-refractivity contribution is 5.85. The van der Waals surface area contributed by atoms with Crippen molar-refractivity contribution in [2.75, 3.05) is 33.3 Å². The van der Waals surface area contributed by atoms with Crippen molar-refractivity contribution in [1.82, 2.24) is 19.4 Å². The number of piperidine rings is 1. The molecule has 1 atom stereocenters. The van der Waals surface area contributed by atoms with Crippen LogP contribution in [-0.4, -0.2) is 70.4 Å². The largest absolute Gasteiger partial charge is 0.466 e. The van der Waals surface area contributed by atoms with Gasteiger partial charge >= 0.3 is 5.97 Å². The number of aromatic nitrogens is 2. The highest BCUT2D eigenvalue weighted by atomic mass is 19.1. The van der Waals surface area contributed by atoms with Gasteiger partial charge in [-0.05, 0) is 38.0 Å². The lowest BCUT2D eigenvalue weighted by molar-refractivity contribution is -0.152. The first-order valence-electron chi connectivity index (χ1n) is 10.1. The lowest BCUT2D eigenvalue weighted by Crippen LogP contribution is -2.47. The Labute approximate surface area is 178 Å². The van der Waals surface area contributed by atoms with Gasteiger partial charge in [0.1, 0.15) is 12.4 Å². The van der Waals surface area contributed by atoms with E-state index in [0.29, 0.717) is 24.9 Å². The van der Waals surface area contributed by atoms with Gasteiger partial charge < -0.3 is 14.5 Å². The molecule has 10 heteroatoms. The summed E-state index contributed by atoms with van der Waals surface area (Å²) in [4.78, 5) is 56.5. The van der Waals surface area contributed by atoms with Crippen molar-refractivity contribution >= 4 is 28.7 Å². The third-order valence-corrected chi connectivity index (χ3v) is 5.28. The number of carbonyl (C=O) groups excluding carboxylic acids is 3. The summed E-state index contributed by atoms with van der Waals surface area (Å²) in [6, 6.07) is 3.68. The van der Waals surface area contributed by atoms with Gasteiger partial charge in [0.2, 0.25) is 11.8 Å². The Bertz CT molecular complexity index is 1050. The van der Waals surface area contributed by atoms with E-state index in [1.54, 1.807) is 11.8 Å². The Morgan fingerprint density at radius 3 is 2.84 bits per heavy atom. The van der Waals surface area contributed by atoms with Crippen LogP contribution in [0.5, 0.6) is 0 Å². The summed E-state index contributed by atoms with van der Waals surface area (Å²) in [5, 5.41) is 0.0763.